The average Bonchev–Trinajstić information content (AvgIpc) is 2.74. The first-order chi connectivity index (χ1) is 9.93. The highest BCUT2D eigenvalue weighted by Gasteiger charge is 2.38. The normalized spacial score (nSPS) is 24.5. The molecule has 0 aliphatic carbocycles. The van der Waals surface area contributed by atoms with E-state index in [9.17, 15) is 8.42 Å². The monoisotopic (exact) mass is 308 g/mol. The quantitative estimate of drug-likeness (QED) is 0.918. The Morgan fingerprint density at radius 3 is 2.57 bits per heavy atom. The number of nitrogens with zero attached hydrogens (tertiary/aromatic N) is 3. The zero-order valence-electron chi connectivity index (χ0n) is 12.2. The second-order valence-corrected chi connectivity index (χ2v) is 7.45. The zero-order chi connectivity index (χ0) is 15.2. The van der Waals surface area contributed by atoms with Crippen molar-refractivity contribution in [1.29, 1.82) is 0 Å². The van der Waals surface area contributed by atoms with Gasteiger partial charge in [0.1, 0.15) is 5.65 Å². The molecule has 6 nitrogen and oxygen atoms in total. The molecule has 3 heterocycles. The molecule has 0 aromatic carbocycles. The minimum Gasteiger partial charge on any atom is -0.381 e. The van der Waals surface area contributed by atoms with Crippen molar-refractivity contribution >= 4 is 21.5 Å². The van der Waals surface area contributed by atoms with E-state index in [1.165, 1.54) is 0 Å². The van der Waals surface area contributed by atoms with E-state index in [1.807, 2.05) is 19.9 Å². The second kappa shape index (κ2) is 4.99. The summed E-state index contributed by atoms with van der Waals surface area (Å²) in [5, 5.41) is 0.0821. The predicted octanol–water partition coefficient (Wildman–Crippen LogP) is 1.87. The summed E-state index contributed by atoms with van der Waals surface area (Å²) in [5.41, 5.74) is 6.45. The Morgan fingerprint density at radius 1 is 1.24 bits per heavy atom. The van der Waals surface area contributed by atoms with Crippen molar-refractivity contribution in [3.63, 3.8) is 0 Å². The summed E-state index contributed by atoms with van der Waals surface area (Å²) in [7, 11) is -3.67. The van der Waals surface area contributed by atoms with Crippen LogP contribution in [0.1, 0.15) is 33.1 Å². The zero-order valence-corrected chi connectivity index (χ0v) is 13.0. The van der Waals surface area contributed by atoms with E-state index in [1.54, 1.807) is 27.0 Å². The van der Waals surface area contributed by atoms with E-state index in [0.29, 0.717) is 5.65 Å². The first kappa shape index (κ1) is 14.3. The summed E-state index contributed by atoms with van der Waals surface area (Å²) in [6.45, 7) is 3.90. The average molecular weight is 308 g/mol. The Bertz CT molecular complexity index is 758. The molecule has 0 amide bonds. The lowest BCUT2D eigenvalue weighted by Crippen LogP contribution is -2.47. The van der Waals surface area contributed by atoms with Crippen LogP contribution >= 0.6 is 0 Å². The van der Waals surface area contributed by atoms with Gasteiger partial charge in [0.25, 0.3) is 10.0 Å². The molecule has 21 heavy (non-hydrogen) atoms. The molecule has 0 radical (unpaired) electrons. The fraction of sp³-hybridized carbons (Fsp3) is 0.500. The van der Waals surface area contributed by atoms with Crippen molar-refractivity contribution in [2.24, 2.45) is 0 Å². The van der Waals surface area contributed by atoms with Gasteiger partial charge in [-0.15, -0.1) is 0 Å². The number of fused-ring (bicyclic) bond motifs is 1. The maximum atomic E-state index is 13.1. The van der Waals surface area contributed by atoms with Gasteiger partial charge in [-0.05, 0) is 38.8 Å². The van der Waals surface area contributed by atoms with Gasteiger partial charge in [0.05, 0.1) is 0 Å². The highest BCUT2D eigenvalue weighted by Crippen LogP contribution is 2.32. The third-order valence-electron chi connectivity index (χ3n) is 4.15. The number of anilines is 1. The molecule has 114 valence electrons. The van der Waals surface area contributed by atoms with E-state index in [4.69, 9.17) is 5.73 Å². The molecule has 1 fully saturated rings. The summed E-state index contributed by atoms with van der Waals surface area (Å²) >= 11 is 0. The van der Waals surface area contributed by atoms with Crippen LogP contribution in [0.4, 0.5) is 5.82 Å². The van der Waals surface area contributed by atoms with Crippen LogP contribution in [0.15, 0.2) is 29.4 Å². The standard InChI is InChI=1S/C14H20N4O2S/c1-10-6-5-7-11(2)18(10)21(19,20)14-13(15)16-12-8-3-4-9-17(12)14/h3-4,8-11H,5-7,15H2,1-2H3/t10-,11+. The van der Waals surface area contributed by atoms with Crippen molar-refractivity contribution in [3.8, 4) is 0 Å². The largest absolute Gasteiger partial charge is 0.381 e. The third kappa shape index (κ3) is 2.20. The van der Waals surface area contributed by atoms with Crippen LogP contribution in [0.25, 0.3) is 5.65 Å². The summed E-state index contributed by atoms with van der Waals surface area (Å²) in [4.78, 5) is 4.16. The van der Waals surface area contributed by atoms with Gasteiger partial charge in [-0.2, -0.15) is 4.31 Å². The van der Waals surface area contributed by atoms with Crippen LogP contribution in [-0.4, -0.2) is 34.2 Å². The van der Waals surface area contributed by atoms with Gasteiger partial charge >= 0.3 is 0 Å². The summed E-state index contributed by atoms with van der Waals surface area (Å²) in [6.07, 6.45) is 4.49. The van der Waals surface area contributed by atoms with Crippen molar-refractivity contribution in [3.05, 3.63) is 24.4 Å². The Balaban J connectivity index is 2.18. The highest BCUT2D eigenvalue weighted by atomic mass is 32.2. The minimum absolute atomic E-state index is 0.0209. The van der Waals surface area contributed by atoms with E-state index in [2.05, 4.69) is 4.98 Å². The lowest BCUT2D eigenvalue weighted by molar-refractivity contribution is 0.203. The number of piperidine rings is 1. The molecule has 2 atom stereocenters. The summed E-state index contributed by atoms with van der Waals surface area (Å²) < 4.78 is 29.3. The Kier molecular flexibility index (Phi) is 3.41. The van der Waals surface area contributed by atoms with Gasteiger partial charge in [-0.25, -0.2) is 13.4 Å². The highest BCUT2D eigenvalue weighted by molar-refractivity contribution is 7.89. The van der Waals surface area contributed by atoms with Crippen LogP contribution in [0.5, 0.6) is 0 Å². The summed E-state index contributed by atoms with van der Waals surface area (Å²) in [5.74, 6) is 0.0613. The molecule has 2 N–H and O–H groups in total. The number of nitrogens with two attached hydrogens (primary N) is 1. The van der Waals surface area contributed by atoms with Crippen molar-refractivity contribution in [2.75, 3.05) is 5.73 Å². The molecule has 2 aromatic heterocycles. The number of pyridine rings is 1. The number of sulfonamides is 1. The Morgan fingerprint density at radius 2 is 1.90 bits per heavy atom. The Labute approximate surface area is 124 Å². The second-order valence-electron chi connectivity index (χ2n) is 5.69. The van der Waals surface area contributed by atoms with E-state index in [0.717, 1.165) is 19.3 Å². The minimum atomic E-state index is -3.67. The molecule has 3 rings (SSSR count). The van der Waals surface area contributed by atoms with Crippen molar-refractivity contribution in [2.45, 2.75) is 50.2 Å². The van der Waals surface area contributed by atoms with Crippen LogP contribution < -0.4 is 5.73 Å². The smallest absolute Gasteiger partial charge is 0.263 e. The van der Waals surface area contributed by atoms with E-state index in [-0.39, 0.29) is 22.9 Å². The number of nitrogen functional groups attached to an aromatic ring is 1. The fourth-order valence-corrected chi connectivity index (χ4v) is 5.29. The van der Waals surface area contributed by atoms with Crippen molar-refractivity contribution in [1.82, 2.24) is 13.7 Å². The van der Waals surface area contributed by atoms with Gasteiger partial charge < -0.3 is 5.73 Å². The number of rotatable bonds is 2. The topological polar surface area (TPSA) is 80.7 Å². The van der Waals surface area contributed by atoms with Crippen LogP contribution in [-0.2, 0) is 10.0 Å². The third-order valence-corrected chi connectivity index (χ3v) is 6.32. The van der Waals surface area contributed by atoms with E-state index >= 15 is 0 Å². The van der Waals surface area contributed by atoms with Gasteiger partial charge in [-0.3, -0.25) is 4.40 Å². The number of hydrogen-bond donors (Lipinski definition) is 1. The molecular weight excluding hydrogens is 288 g/mol. The molecule has 0 unspecified atom stereocenters. The SMILES string of the molecule is C[C@@H]1CCC[C@H](C)N1S(=O)(=O)c1c(N)nc2ccccn12. The van der Waals surface area contributed by atoms with Crippen LogP contribution in [0.2, 0.25) is 0 Å². The lowest BCUT2D eigenvalue weighted by atomic mass is 10.0. The molecule has 1 saturated heterocycles. The molecule has 7 heteroatoms. The molecule has 1 aliphatic rings. The molecule has 0 spiro atoms. The van der Waals surface area contributed by atoms with E-state index < -0.39 is 10.0 Å². The molecule has 2 aromatic rings. The van der Waals surface area contributed by atoms with Crippen molar-refractivity contribution < 1.29 is 8.42 Å². The van der Waals surface area contributed by atoms with Crippen LogP contribution in [0, 0.1) is 0 Å². The fourth-order valence-electron chi connectivity index (χ4n) is 3.22. The lowest BCUT2D eigenvalue weighted by Gasteiger charge is -2.37. The van der Waals surface area contributed by atoms with Gasteiger partial charge in [-0.1, -0.05) is 12.5 Å². The number of imidazole rings is 1. The number of aromatic nitrogens is 2. The predicted molar refractivity (Wildman–Crippen MR) is 81.4 cm³/mol. The maximum Gasteiger partial charge on any atom is 0.263 e. The van der Waals surface area contributed by atoms with Gasteiger partial charge in [0, 0.05) is 18.3 Å². The molecule has 0 saturated carbocycles. The molecule has 0 bridgehead atoms. The van der Waals surface area contributed by atoms with Crippen LogP contribution in [0.3, 0.4) is 0 Å². The van der Waals surface area contributed by atoms with Gasteiger partial charge in [0.2, 0.25) is 0 Å². The first-order valence-electron chi connectivity index (χ1n) is 7.19. The Hall–Kier alpha value is -1.60. The number of hydrogen-bond acceptors (Lipinski definition) is 4. The van der Waals surface area contributed by atoms with Gasteiger partial charge in [0.15, 0.2) is 10.8 Å². The summed E-state index contributed by atoms with van der Waals surface area (Å²) in [6, 6.07) is 5.29. The molecular formula is C14H20N4O2S. The maximum absolute atomic E-state index is 13.1. The molecule has 1 aliphatic heterocycles. The first-order valence-corrected chi connectivity index (χ1v) is 8.63.